The zero-order chi connectivity index (χ0) is 9.80. The van der Waals surface area contributed by atoms with Crippen molar-refractivity contribution in [3.8, 4) is 0 Å². The summed E-state index contributed by atoms with van der Waals surface area (Å²) in [4.78, 5) is 4.22. The molecule has 3 nitrogen and oxygen atoms in total. The molecule has 0 spiro atoms. The SMILES string of the molecule is Nc1cccnc1CNCCC1CC1. The van der Waals surface area contributed by atoms with Gasteiger partial charge in [-0.2, -0.15) is 0 Å². The van der Waals surface area contributed by atoms with Gasteiger partial charge in [0.2, 0.25) is 0 Å². The smallest absolute Gasteiger partial charge is 0.0770 e. The van der Waals surface area contributed by atoms with Crippen molar-refractivity contribution in [1.29, 1.82) is 0 Å². The molecule has 1 aromatic rings. The molecule has 1 saturated carbocycles. The maximum absolute atomic E-state index is 5.77. The Morgan fingerprint density at radius 2 is 2.36 bits per heavy atom. The lowest BCUT2D eigenvalue weighted by atomic mass is 10.2. The lowest BCUT2D eigenvalue weighted by molar-refractivity contribution is 0.607. The van der Waals surface area contributed by atoms with Gasteiger partial charge in [0.1, 0.15) is 0 Å². The van der Waals surface area contributed by atoms with Crippen molar-refractivity contribution in [1.82, 2.24) is 10.3 Å². The first kappa shape index (κ1) is 9.46. The summed E-state index contributed by atoms with van der Waals surface area (Å²) < 4.78 is 0. The molecule has 0 unspecified atom stereocenters. The fourth-order valence-corrected chi connectivity index (χ4v) is 1.52. The van der Waals surface area contributed by atoms with Crippen LogP contribution < -0.4 is 11.1 Å². The van der Waals surface area contributed by atoms with Crippen LogP contribution in [0.5, 0.6) is 0 Å². The number of nitrogens with zero attached hydrogens (tertiary/aromatic N) is 1. The summed E-state index contributed by atoms with van der Waals surface area (Å²) in [5, 5.41) is 3.37. The monoisotopic (exact) mass is 191 g/mol. The van der Waals surface area contributed by atoms with Gasteiger partial charge < -0.3 is 11.1 Å². The fraction of sp³-hybridized carbons (Fsp3) is 0.545. The minimum absolute atomic E-state index is 0.784. The number of nitrogen functional groups attached to an aromatic ring is 1. The Morgan fingerprint density at radius 1 is 1.50 bits per heavy atom. The Hall–Kier alpha value is -1.09. The average molecular weight is 191 g/mol. The van der Waals surface area contributed by atoms with Crippen LogP contribution >= 0.6 is 0 Å². The third-order valence-corrected chi connectivity index (χ3v) is 2.64. The molecule has 76 valence electrons. The van der Waals surface area contributed by atoms with Gasteiger partial charge in [0.05, 0.1) is 11.4 Å². The number of aromatic nitrogens is 1. The predicted octanol–water partition coefficient (Wildman–Crippen LogP) is 1.55. The number of rotatable bonds is 5. The van der Waals surface area contributed by atoms with Gasteiger partial charge in [-0.1, -0.05) is 12.8 Å². The summed E-state index contributed by atoms with van der Waals surface area (Å²) in [6.07, 6.45) is 5.93. The van der Waals surface area contributed by atoms with E-state index in [-0.39, 0.29) is 0 Å². The molecule has 0 saturated heterocycles. The highest BCUT2D eigenvalue weighted by molar-refractivity contribution is 5.41. The van der Waals surface area contributed by atoms with Gasteiger partial charge in [-0.25, -0.2) is 0 Å². The first-order valence-electron chi connectivity index (χ1n) is 5.26. The molecule has 1 fully saturated rings. The molecule has 0 radical (unpaired) electrons. The first-order valence-corrected chi connectivity index (χ1v) is 5.26. The van der Waals surface area contributed by atoms with Gasteiger partial charge in [-0.15, -0.1) is 0 Å². The van der Waals surface area contributed by atoms with E-state index in [9.17, 15) is 0 Å². The van der Waals surface area contributed by atoms with Gasteiger partial charge in [-0.3, -0.25) is 4.98 Å². The van der Waals surface area contributed by atoms with Crippen molar-refractivity contribution in [3.63, 3.8) is 0 Å². The lowest BCUT2D eigenvalue weighted by Gasteiger charge is -2.05. The minimum atomic E-state index is 0.784. The standard InChI is InChI=1S/C11H17N3/c12-10-2-1-6-14-11(10)8-13-7-5-9-3-4-9/h1-2,6,9,13H,3-5,7-8,12H2. The minimum Gasteiger partial charge on any atom is -0.397 e. The Balaban J connectivity index is 1.71. The summed E-state index contributed by atoms with van der Waals surface area (Å²) in [7, 11) is 0. The summed E-state index contributed by atoms with van der Waals surface area (Å²) in [6.45, 7) is 1.88. The molecule has 2 rings (SSSR count). The van der Waals surface area contributed by atoms with Crippen LogP contribution in [0.1, 0.15) is 25.0 Å². The largest absolute Gasteiger partial charge is 0.397 e. The molecule has 0 aliphatic heterocycles. The third-order valence-electron chi connectivity index (χ3n) is 2.64. The van der Waals surface area contributed by atoms with Gasteiger partial charge in [-0.05, 0) is 31.0 Å². The fourth-order valence-electron chi connectivity index (χ4n) is 1.52. The van der Waals surface area contributed by atoms with E-state index in [2.05, 4.69) is 10.3 Å². The van der Waals surface area contributed by atoms with Crippen LogP contribution in [-0.4, -0.2) is 11.5 Å². The lowest BCUT2D eigenvalue weighted by Crippen LogP contribution is -2.17. The van der Waals surface area contributed by atoms with Gasteiger partial charge in [0.15, 0.2) is 0 Å². The molecule has 1 aromatic heterocycles. The predicted molar refractivity (Wildman–Crippen MR) is 57.7 cm³/mol. The third kappa shape index (κ3) is 2.70. The van der Waals surface area contributed by atoms with Gasteiger partial charge in [0.25, 0.3) is 0 Å². The maximum Gasteiger partial charge on any atom is 0.0770 e. The second-order valence-electron chi connectivity index (χ2n) is 3.95. The maximum atomic E-state index is 5.77. The second-order valence-corrected chi connectivity index (χ2v) is 3.95. The molecule has 3 N–H and O–H groups in total. The van der Waals surface area contributed by atoms with Crippen LogP contribution in [0, 0.1) is 5.92 Å². The van der Waals surface area contributed by atoms with Crippen molar-refractivity contribution >= 4 is 5.69 Å². The van der Waals surface area contributed by atoms with E-state index in [0.717, 1.165) is 30.4 Å². The topological polar surface area (TPSA) is 50.9 Å². The molecular formula is C11H17N3. The number of nitrogens with one attached hydrogen (secondary N) is 1. The summed E-state index contributed by atoms with van der Waals surface area (Å²) >= 11 is 0. The van der Waals surface area contributed by atoms with Crippen molar-refractivity contribution in [3.05, 3.63) is 24.0 Å². The number of nitrogens with two attached hydrogens (primary N) is 1. The molecule has 1 aliphatic rings. The Morgan fingerprint density at radius 3 is 3.07 bits per heavy atom. The van der Waals surface area contributed by atoms with E-state index >= 15 is 0 Å². The van der Waals surface area contributed by atoms with Crippen LogP contribution in [0.4, 0.5) is 5.69 Å². The normalized spacial score (nSPS) is 15.7. The van der Waals surface area contributed by atoms with Crippen LogP contribution in [0.15, 0.2) is 18.3 Å². The van der Waals surface area contributed by atoms with Crippen LogP contribution in [0.2, 0.25) is 0 Å². The van der Waals surface area contributed by atoms with E-state index in [1.165, 1.54) is 19.3 Å². The first-order chi connectivity index (χ1) is 6.86. The molecule has 0 amide bonds. The van der Waals surface area contributed by atoms with Crippen molar-refractivity contribution < 1.29 is 0 Å². The highest BCUT2D eigenvalue weighted by Crippen LogP contribution is 2.31. The molecule has 3 heteroatoms. The number of hydrogen-bond acceptors (Lipinski definition) is 3. The van der Waals surface area contributed by atoms with Gasteiger partial charge >= 0.3 is 0 Å². The molecular weight excluding hydrogens is 174 g/mol. The Labute approximate surface area is 84.7 Å². The summed E-state index contributed by atoms with van der Waals surface area (Å²) in [5.41, 5.74) is 7.52. The van der Waals surface area contributed by atoms with Gasteiger partial charge in [0, 0.05) is 12.7 Å². The van der Waals surface area contributed by atoms with Crippen LogP contribution in [0.25, 0.3) is 0 Å². The molecule has 0 aromatic carbocycles. The van der Waals surface area contributed by atoms with Crippen LogP contribution in [0.3, 0.4) is 0 Å². The van der Waals surface area contributed by atoms with Crippen molar-refractivity contribution in [2.75, 3.05) is 12.3 Å². The Bertz CT molecular complexity index is 294. The highest BCUT2D eigenvalue weighted by atomic mass is 14.9. The van der Waals surface area contributed by atoms with E-state index in [1.54, 1.807) is 6.20 Å². The highest BCUT2D eigenvalue weighted by Gasteiger charge is 2.19. The quantitative estimate of drug-likeness (QED) is 0.694. The summed E-state index contributed by atoms with van der Waals surface area (Å²) in [6, 6.07) is 3.76. The van der Waals surface area contributed by atoms with E-state index in [0.29, 0.717) is 0 Å². The Kier molecular flexibility index (Phi) is 2.99. The molecule has 0 bridgehead atoms. The van der Waals surface area contributed by atoms with Crippen LogP contribution in [-0.2, 0) is 6.54 Å². The molecule has 1 heterocycles. The second kappa shape index (κ2) is 4.42. The van der Waals surface area contributed by atoms with Crippen molar-refractivity contribution in [2.24, 2.45) is 5.92 Å². The summed E-state index contributed by atoms with van der Waals surface area (Å²) in [5.74, 6) is 0.989. The molecule has 0 atom stereocenters. The number of anilines is 1. The number of pyridine rings is 1. The van der Waals surface area contributed by atoms with Crippen molar-refractivity contribution in [2.45, 2.75) is 25.8 Å². The average Bonchev–Trinajstić information content (AvgIpc) is 2.99. The molecule has 14 heavy (non-hydrogen) atoms. The zero-order valence-electron chi connectivity index (χ0n) is 8.37. The zero-order valence-corrected chi connectivity index (χ0v) is 8.37. The molecule has 1 aliphatic carbocycles. The van der Waals surface area contributed by atoms with E-state index in [4.69, 9.17) is 5.73 Å². The van der Waals surface area contributed by atoms with E-state index < -0.39 is 0 Å². The van der Waals surface area contributed by atoms with E-state index in [1.807, 2.05) is 12.1 Å². The number of hydrogen-bond donors (Lipinski definition) is 2.